The third kappa shape index (κ3) is 11.6. The van der Waals surface area contributed by atoms with E-state index in [1.165, 1.54) is 13.1 Å². The Kier molecular flexibility index (Phi) is 12.8. The first-order valence-electron chi connectivity index (χ1n) is 14.9. The highest BCUT2D eigenvalue weighted by molar-refractivity contribution is 6.30. The minimum absolute atomic E-state index is 0.0602. The summed E-state index contributed by atoms with van der Waals surface area (Å²) in [5.74, 6) is -3.18. The number of aromatic hydroxyl groups is 1. The van der Waals surface area contributed by atoms with E-state index in [1.807, 2.05) is 42.5 Å². The minimum Gasteiger partial charge on any atom is -0.493 e. The van der Waals surface area contributed by atoms with E-state index in [0.29, 0.717) is 5.02 Å². The molecule has 1 heterocycles. The molecule has 3 atom stereocenters. The lowest BCUT2D eigenvalue weighted by Crippen LogP contribution is -2.47. The number of aliphatic hydroxyl groups excluding tert-OH is 1. The zero-order valence-corrected chi connectivity index (χ0v) is 27.9. The number of esters is 2. The van der Waals surface area contributed by atoms with E-state index in [1.54, 1.807) is 40.7 Å². The largest absolute Gasteiger partial charge is 0.493 e. The number of ether oxygens (including phenoxy) is 3. The topological polar surface area (TPSA) is 178 Å². The number of aromatic nitrogens is 2. The van der Waals surface area contributed by atoms with Crippen LogP contribution in [0.5, 0.6) is 5.88 Å². The maximum Gasteiger partial charge on any atom is 0.408 e. The molecule has 0 radical (unpaired) electrons. The normalized spacial score (nSPS) is 13.3. The summed E-state index contributed by atoms with van der Waals surface area (Å²) in [6, 6.07) is 14.2. The Bertz CT molecular complexity index is 1530. The Morgan fingerprint density at radius 2 is 1.62 bits per heavy atom. The van der Waals surface area contributed by atoms with Gasteiger partial charge in [0.2, 0.25) is 12.7 Å². The van der Waals surface area contributed by atoms with E-state index in [9.17, 15) is 29.4 Å². The zero-order chi connectivity index (χ0) is 34.9. The number of amides is 2. The number of hydrogen-bond donors (Lipinski definition) is 4. The van der Waals surface area contributed by atoms with E-state index >= 15 is 0 Å². The lowest BCUT2D eigenvalue weighted by atomic mass is 9.97. The molecule has 254 valence electrons. The molecule has 14 heteroatoms. The average molecular weight is 673 g/mol. The molecule has 2 amide bonds. The Morgan fingerprint density at radius 1 is 0.957 bits per heavy atom. The first kappa shape index (κ1) is 36.8. The van der Waals surface area contributed by atoms with Crippen molar-refractivity contribution in [3.8, 4) is 17.0 Å². The van der Waals surface area contributed by atoms with Gasteiger partial charge in [-0.25, -0.2) is 19.1 Å². The highest BCUT2D eigenvalue weighted by Crippen LogP contribution is 2.24. The van der Waals surface area contributed by atoms with Crippen molar-refractivity contribution in [2.24, 2.45) is 13.0 Å². The lowest BCUT2D eigenvalue weighted by Gasteiger charge is -2.24. The molecule has 0 aliphatic carbocycles. The number of hydrogen-bond acceptors (Lipinski definition) is 10. The number of alkyl carbamates (subject to hydrolysis) is 1. The maximum atomic E-state index is 12.9. The van der Waals surface area contributed by atoms with E-state index in [-0.39, 0.29) is 30.3 Å². The molecule has 3 rings (SSSR count). The van der Waals surface area contributed by atoms with Gasteiger partial charge < -0.3 is 35.1 Å². The van der Waals surface area contributed by atoms with Gasteiger partial charge in [-0.05, 0) is 61.9 Å². The van der Waals surface area contributed by atoms with Crippen LogP contribution >= 0.6 is 11.6 Å². The third-order valence-electron chi connectivity index (χ3n) is 6.79. The van der Waals surface area contributed by atoms with Crippen LogP contribution in [0.4, 0.5) is 4.79 Å². The van der Waals surface area contributed by atoms with Crippen molar-refractivity contribution in [1.82, 2.24) is 20.4 Å². The molecule has 13 nitrogen and oxygen atoms in total. The van der Waals surface area contributed by atoms with Crippen LogP contribution in [0.25, 0.3) is 11.1 Å². The quantitative estimate of drug-likeness (QED) is 0.152. The second-order valence-corrected chi connectivity index (χ2v) is 12.7. The summed E-state index contributed by atoms with van der Waals surface area (Å²) in [4.78, 5) is 50.4. The van der Waals surface area contributed by atoms with Crippen molar-refractivity contribution in [3.05, 3.63) is 70.9 Å². The molecule has 0 saturated heterocycles. The van der Waals surface area contributed by atoms with Crippen molar-refractivity contribution in [2.75, 3.05) is 6.79 Å². The van der Waals surface area contributed by atoms with Crippen LogP contribution < -0.4 is 10.6 Å². The van der Waals surface area contributed by atoms with Gasteiger partial charge in [-0.15, -0.1) is 0 Å². The molecule has 0 saturated carbocycles. The fourth-order valence-corrected chi connectivity index (χ4v) is 4.63. The van der Waals surface area contributed by atoms with E-state index in [0.717, 1.165) is 21.4 Å². The number of aryl methyl sites for hydroxylation is 1. The first-order valence-corrected chi connectivity index (χ1v) is 15.3. The van der Waals surface area contributed by atoms with Gasteiger partial charge in [0.05, 0.1) is 0 Å². The van der Waals surface area contributed by atoms with E-state index in [2.05, 4.69) is 15.7 Å². The van der Waals surface area contributed by atoms with Crippen LogP contribution in [0.15, 0.2) is 54.6 Å². The van der Waals surface area contributed by atoms with Crippen molar-refractivity contribution >= 4 is 35.5 Å². The molecule has 4 N–H and O–H groups in total. The Balaban J connectivity index is 1.64. The number of benzene rings is 2. The fraction of sp³-hybridized carbons (Fsp3) is 0.424. The maximum absolute atomic E-state index is 12.9. The number of nitrogens with zero attached hydrogens (tertiary/aromatic N) is 2. The molecule has 1 aromatic heterocycles. The summed E-state index contributed by atoms with van der Waals surface area (Å²) >= 11 is 6.12. The van der Waals surface area contributed by atoms with Crippen molar-refractivity contribution in [3.63, 3.8) is 0 Å². The van der Waals surface area contributed by atoms with Gasteiger partial charge in [-0.2, -0.15) is 5.10 Å². The molecule has 2 aromatic carbocycles. The number of nitrogens with one attached hydrogen (secondary N) is 2. The predicted octanol–water partition coefficient (Wildman–Crippen LogP) is 4.13. The van der Waals surface area contributed by atoms with E-state index in [4.69, 9.17) is 25.8 Å². The number of aliphatic hydroxyl groups is 1. The van der Waals surface area contributed by atoms with Gasteiger partial charge in [-0.1, -0.05) is 61.8 Å². The smallest absolute Gasteiger partial charge is 0.408 e. The Morgan fingerprint density at radius 3 is 2.19 bits per heavy atom. The van der Waals surface area contributed by atoms with Crippen LogP contribution in [-0.4, -0.2) is 74.5 Å². The fourth-order valence-electron chi connectivity index (χ4n) is 4.44. The van der Waals surface area contributed by atoms with Gasteiger partial charge in [-0.3, -0.25) is 4.79 Å². The molecule has 3 aromatic rings. The predicted molar refractivity (Wildman–Crippen MR) is 172 cm³/mol. The van der Waals surface area contributed by atoms with Crippen LogP contribution in [0.1, 0.15) is 57.1 Å². The third-order valence-corrected chi connectivity index (χ3v) is 7.03. The molecule has 0 aliphatic heterocycles. The standard InChI is InChI=1S/C33H41ClN4O9/c1-19(2)28(36-32(44)47-33(3,4)5)31(43)46-18-45-30(42)26(39)16-24(35-29(41)25-17-27(40)38(6)37-25)14-20-10-12-21(13-11-20)22-8-7-9-23(34)15-22/h7-13,15,17,19,24,26,28,39-40H,14,16,18H2,1-6H3,(H,35,41)(H,36,44)/t24-,26?,28+/m1/s1. The Hall–Kier alpha value is -4.62. The second kappa shape index (κ2) is 16.3. The van der Waals surface area contributed by atoms with Crippen molar-refractivity contribution in [2.45, 2.75) is 71.2 Å². The molecule has 0 aliphatic rings. The Labute approximate surface area is 278 Å². The summed E-state index contributed by atoms with van der Waals surface area (Å²) < 4.78 is 16.3. The van der Waals surface area contributed by atoms with Gasteiger partial charge >= 0.3 is 18.0 Å². The van der Waals surface area contributed by atoms with Gasteiger partial charge in [0.15, 0.2) is 11.8 Å². The summed E-state index contributed by atoms with van der Waals surface area (Å²) in [5, 5.41) is 30.3. The molecule has 0 fully saturated rings. The molecule has 47 heavy (non-hydrogen) atoms. The molecule has 1 unspecified atom stereocenters. The molecular weight excluding hydrogens is 632 g/mol. The van der Waals surface area contributed by atoms with Gasteiger partial charge in [0.25, 0.3) is 5.91 Å². The summed E-state index contributed by atoms with van der Waals surface area (Å²) in [7, 11) is 1.47. The van der Waals surface area contributed by atoms with Crippen LogP contribution in [0.3, 0.4) is 0 Å². The van der Waals surface area contributed by atoms with Crippen molar-refractivity contribution < 1.29 is 43.6 Å². The van der Waals surface area contributed by atoms with Crippen LogP contribution in [0.2, 0.25) is 5.02 Å². The first-order chi connectivity index (χ1) is 22.0. The molecule has 0 spiro atoms. The molecule has 0 bridgehead atoms. The minimum atomic E-state index is -1.71. The lowest BCUT2D eigenvalue weighted by molar-refractivity contribution is -0.175. The summed E-state index contributed by atoms with van der Waals surface area (Å²) in [5.41, 5.74) is 1.79. The summed E-state index contributed by atoms with van der Waals surface area (Å²) in [6.45, 7) is 7.59. The van der Waals surface area contributed by atoms with Crippen LogP contribution in [-0.2, 0) is 37.3 Å². The van der Waals surface area contributed by atoms with Gasteiger partial charge in [0.1, 0.15) is 11.6 Å². The average Bonchev–Trinajstić information content (AvgIpc) is 3.32. The van der Waals surface area contributed by atoms with Gasteiger partial charge in [0, 0.05) is 30.6 Å². The number of carbonyl (C=O) groups is 4. The van der Waals surface area contributed by atoms with E-state index < -0.39 is 54.5 Å². The van der Waals surface area contributed by atoms with Crippen LogP contribution in [0, 0.1) is 5.92 Å². The number of rotatable bonds is 13. The molecular formula is C33H41ClN4O9. The monoisotopic (exact) mass is 672 g/mol. The number of halogens is 1. The zero-order valence-electron chi connectivity index (χ0n) is 27.2. The highest BCUT2D eigenvalue weighted by Gasteiger charge is 2.29. The SMILES string of the molecule is CC(C)[C@H](NC(=O)OC(C)(C)C)C(=O)OCOC(=O)C(O)C[C@@H](Cc1ccc(-c2cccc(Cl)c2)cc1)NC(=O)c1cc(O)n(C)n1. The second-order valence-electron chi connectivity index (χ2n) is 12.3. The summed E-state index contributed by atoms with van der Waals surface area (Å²) in [6.07, 6.45) is -2.56. The number of carbonyl (C=O) groups excluding carboxylic acids is 4. The van der Waals surface area contributed by atoms with Crippen molar-refractivity contribution in [1.29, 1.82) is 0 Å². The highest BCUT2D eigenvalue weighted by atomic mass is 35.5.